The zero-order chi connectivity index (χ0) is 34.1. The van der Waals surface area contributed by atoms with Gasteiger partial charge in [0.05, 0.1) is 0 Å². The van der Waals surface area contributed by atoms with Crippen molar-refractivity contribution in [2.24, 2.45) is 5.92 Å². The van der Waals surface area contributed by atoms with Gasteiger partial charge in [-0.05, 0) is 96.1 Å². The van der Waals surface area contributed by atoms with E-state index in [4.69, 9.17) is 0 Å². The minimum absolute atomic E-state index is 0.322. The fourth-order valence-corrected chi connectivity index (χ4v) is 8.70. The second-order valence-corrected chi connectivity index (χ2v) is 14.5. The van der Waals surface area contributed by atoms with Gasteiger partial charge in [0, 0.05) is 66.2 Å². The molecule has 0 fully saturated rings. The van der Waals surface area contributed by atoms with Crippen molar-refractivity contribution in [1.29, 1.82) is 0 Å². The SMILES string of the molecule is C=C1/C=C\C=C/N(c2ccc(-c3ccc4sc5ccccc5c4c3)cc2)C2=CCC(C3=CC(c4ccccc4Nc4ccccc4)=CCC3)C=C12. The van der Waals surface area contributed by atoms with Crippen molar-refractivity contribution in [2.75, 3.05) is 10.2 Å². The van der Waals surface area contributed by atoms with Crippen LogP contribution in [0.1, 0.15) is 24.8 Å². The maximum atomic E-state index is 4.52. The highest BCUT2D eigenvalue weighted by atomic mass is 32.1. The van der Waals surface area contributed by atoms with Crippen LogP contribution in [-0.4, -0.2) is 0 Å². The normalized spacial score (nSPS) is 18.5. The molecular weight excluding hydrogens is 637 g/mol. The molecule has 1 unspecified atom stereocenters. The summed E-state index contributed by atoms with van der Waals surface area (Å²) in [5.41, 5.74) is 13.3. The van der Waals surface area contributed by atoms with E-state index in [2.05, 4.69) is 187 Å². The Labute approximate surface area is 304 Å². The molecule has 9 rings (SSSR count). The van der Waals surface area contributed by atoms with E-state index in [0.29, 0.717) is 5.92 Å². The quantitative estimate of drug-likeness (QED) is 0.189. The van der Waals surface area contributed by atoms with Crippen LogP contribution in [0.4, 0.5) is 17.1 Å². The van der Waals surface area contributed by atoms with Gasteiger partial charge in [-0.3, -0.25) is 0 Å². The second kappa shape index (κ2) is 13.4. The van der Waals surface area contributed by atoms with Crippen molar-refractivity contribution in [1.82, 2.24) is 0 Å². The predicted octanol–water partition coefficient (Wildman–Crippen LogP) is 13.5. The minimum atomic E-state index is 0.322. The first-order valence-corrected chi connectivity index (χ1v) is 18.6. The number of nitrogens with zero attached hydrogens (tertiary/aromatic N) is 1. The average molecular weight is 675 g/mol. The zero-order valence-corrected chi connectivity index (χ0v) is 29.2. The molecule has 5 aromatic carbocycles. The smallest absolute Gasteiger partial charge is 0.0491 e. The molecule has 0 saturated heterocycles. The van der Waals surface area contributed by atoms with E-state index in [-0.39, 0.29) is 0 Å². The van der Waals surface area contributed by atoms with E-state index in [9.17, 15) is 0 Å². The molecule has 246 valence electrons. The third-order valence-corrected chi connectivity index (χ3v) is 11.4. The van der Waals surface area contributed by atoms with Crippen LogP contribution < -0.4 is 10.2 Å². The molecule has 0 radical (unpaired) electrons. The van der Waals surface area contributed by atoms with Gasteiger partial charge in [-0.25, -0.2) is 0 Å². The molecule has 2 nitrogen and oxygen atoms in total. The first-order chi connectivity index (χ1) is 25.2. The number of rotatable bonds is 6. The first kappa shape index (κ1) is 31.1. The van der Waals surface area contributed by atoms with Gasteiger partial charge in [0.15, 0.2) is 0 Å². The number of para-hydroxylation sites is 2. The number of fused-ring (bicyclic) bond motifs is 4. The van der Waals surface area contributed by atoms with Gasteiger partial charge in [-0.15, -0.1) is 11.3 Å². The van der Waals surface area contributed by atoms with Crippen molar-refractivity contribution in [3.05, 3.63) is 205 Å². The lowest BCUT2D eigenvalue weighted by Crippen LogP contribution is -2.22. The Hall–Kier alpha value is -5.90. The molecule has 1 N–H and O–H groups in total. The summed E-state index contributed by atoms with van der Waals surface area (Å²) >= 11 is 1.86. The van der Waals surface area contributed by atoms with Crippen molar-refractivity contribution in [3.63, 3.8) is 0 Å². The van der Waals surface area contributed by atoms with Crippen LogP contribution in [-0.2, 0) is 0 Å². The second-order valence-electron chi connectivity index (χ2n) is 13.4. The molecule has 6 aromatic rings. The van der Waals surface area contributed by atoms with Gasteiger partial charge >= 0.3 is 0 Å². The third kappa shape index (κ3) is 6.11. The van der Waals surface area contributed by atoms with Crippen molar-refractivity contribution < 1.29 is 0 Å². The van der Waals surface area contributed by atoms with Crippen LogP contribution >= 0.6 is 11.3 Å². The minimum Gasteiger partial charge on any atom is -0.355 e. The lowest BCUT2D eigenvalue weighted by molar-refractivity contribution is 0.701. The molecule has 0 bridgehead atoms. The number of benzene rings is 5. The number of hydrogen-bond acceptors (Lipinski definition) is 3. The molecule has 3 heteroatoms. The highest BCUT2D eigenvalue weighted by Gasteiger charge is 2.25. The van der Waals surface area contributed by atoms with E-state index < -0.39 is 0 Å². The van der Waals surface area contributed by atoms with Crippen molar-refractivity contribution >= 4 is 54.1 Å². The Morgan fingerprint density at radius 1 is 0.725 bits per heavy atom. The molecule has 1 atom stereocenters. The number of hydrogen-bond donors (Lipinski definition) is 1. The number of anilines is 3. The number of allylic oxidation sites excluding steroid dienone is 10. The fraction of sp³-hybridized carbons (Fsp3) is 0.0833. The third-order valence-electron chi connectivity index (χ3n) is 10.2. The highest BCUT2D eigenvalue weighted by molar-refractivity contribution is 7.25. The van der Waals surface area contributed by atoms with Crippen LogP contribution in [0.2, 0.25) is 0 Å². The van der Waals surface area contributed by atoms with Crippen LogP contribution in [0.3, 0.4) is 0 Å². The molecule has 2 heterocycles. The summed E-state index contributed by atoms with van der Waals surface area (Å²) in [6.45, 7) is 4.52. The molecule has 0 amide bonds. The molecule has 1 aromatic heterocycles. The molecule has 1 aliphatic heterocycles. The van der Waals surface area contributed by atoms with Gasteiger partial charge in [0.25, 0.3) is 0 Å². The molecule has 0 spiro atoms. The molecule has 2 aliphatic carbocycles. The monoisotopic (exact) mass is 674 g/mol. The van der Waals surface area contributed by atoms with Crippen LogP contribution in [0, 0.1) is 5.92 Å². The Morgan fingerprint density at radius 3 is 2.41 bits per heavy atom. The lowest BCUT2D eigenvalue weighted by atomic mass is 9.80. The molecular formula is C48H38N2S. The fourth-order valence-electron chi connectivity index (χ4n) is 7.61. The summed E-state index contributed by atoms with van der Waals surface area (Å²) in [6.07, 6.45) is 21.3. The van der Waals surface area contributed by atoms with Crippen molar-refractivity contribution in [2.45, 2.75) is 19.3 Å². The largest absolute Gasteiger partial charge is 0.355 e. The van der Waals surface area contributed by atoms with Crippen LogP contribution in [0.5, 0.6) is 0 Å². The first-order valence-electron chi connectivity index (χ1n) is 17.8. The Kier molecular flexibility index (Phi) is 8.19. The number of nitrogens with one attached hydrogen (secondary N) is 1. The van der Waals surface area contributed by atoms with E-state index in [1.807, 2.05) is 11.3 Å². The summed E-state index contributed by atoms with van der Waals surface area (Å²) in [6, 6.07) is 43.6. The Bertz CT molecular complexity index is 2480. The summed E-state index contributed by atoms with van der Waals surface area (Å²) in [5.74, 6) is 0.322. The highest BCUT2D eigenvalue weighted by Crippen LogP contribution is 2.42. The van der Waals surface area contributed by atoms with Crippen molar-refractivity contribution in [3.8, 4) is 11.1 Å². The van der Waals surface area contributed by atoms with Crippen LogP contribution in [0.15, 0.2) is 199 Å². The van der Waals surface area contributed by atoms with Gasteiger partial charge < -0.3 is 10.2 Å². The standard InChI is InChI=1S/C48H38N2S/c1-33-12-9-10-29-50(40-25-21-34(22-26-40)36-24-28-48-44(32-36)42-18-6-8-20-47(42)51-48)46-27-23-37(31-43(33)46)35-13-11-14-38(30-35)41-17-5-7-19-45(41)49-39-15-3-2-4-16-39/h2-10,12,14-22,24-32,37,49H,1,11,13,23H2/b12-9-,29-10-. The van der Waals surface area contributed by atoms with E-state index >= 15 is 0 Å². The van der Waals surface area contributed by atoms with Gasteiger partial charge in [-0.2, -0.15) is 0 Å². The Morgan fingerprint density at radius 2 is 1.51 bits per heavy atom. The number of thiophene rings is 1. The Balaban J connectivity index is 0.991. The van der Waals surface area contributed by atoms with Gasteiger partial charge in [0.2, 0.25) is 0 Å². The van der Waals surface area contributed by atoms with E-state index in [0.717, 1.165) is 41.9 Å². The maximum absolute atomic E-state index is 4.52. The van der Waals surface area contributed by atoms with E-state index in [1.54, 1.807) is 0 Å². The maximum Gasteiger partial charge on any atom is 0.0491 e. The molecule has 51 heavy (non-hydrogen) atoms. The summed E-state index contributed by atoms with van der Waals surface area (Å²) in [4.78, 5) is 2.32. The van der Waals surface area contributed by atoms with Gasteiger partial charge in [-0.1, -0.05) is 121 Å². The van der Waals surface area contributed by atoms with E-state index in [1.165, 1.54) is 59.3 Å². The molecule has 3 aliphatic rings. The average Bonchev–Trinajstić information content (AvgIpc) is 3.56. The summed E-state index contributed by atoms with van der Waals surface area (Å²) in [5, 5.41) is 6.30. The van der Waals surface area contributed by atoms with Crippen LogP contribution in [0.25, 0.3) is 36.9 Å². The lowest BCUT2D eigenvalue weighted by Gasteiger charge is -2.32. The zero-order valence-electron chi connectivity index (χ0n) is 28.4. The summed E-state index contributed by atoms with van der Waals surface area (Å²) in [7, 11) is 0. The topological polar surface area (TPSA) is 15.3 Å². The summed E-state index contributed by atoms with van der Waals surface area (Å²) < 4.78 is 2.67. The predicted molar refractivity (Wildman–Crippen MR) is 220 cm³/mol. The molecule has 0 saturated carbocycles. The van der Waals surface area contributed by atoms with Gasteiger partial charge in [0.1, 0.15) is 0 Å².